The fraction of sp³-hybridized carbons (Fsp3) is 0.630. The maximum absolute atomic E-state index is 12.1. The molecule has 0 radical (unpaired) electrons. The number of hydrogen-bond donors (Lipinski definition) is 1. The van der Waals surface area contributed by atoms with E-state index in [0.29, 0.717) is 24.3 Å². The summed E-state index contributed by atoms with van der Waals surface area (Å²) in [6.07, 6.45) is 21.5. The van der Waals surface area contributed by atoms with Gasteiger partial charge in [0.1, 0.15) is 0 Å². The Morgan fingerprint density at radius 1 is 0.774 bits per heavy atom. The SMILES string of the molecule is CCCCCCCC/C=C\CCCCCCCC(=O)Nc1ccc(C(=O)OCC)cc1. The van der Waals surface area contributed by atoms with Crippen molar-refractivity contribution in [1.82, 2.24) is 0 Å². The van der Waals surface area contributed by atoms with Crippen molar-refractivity contribution in [3.05, 3.63) is 42.0 Å². The molecule has 4 nitrogen and oxygen atoms in total. The van der Waals surface area contributed by atoms with Crippen molar-refractivity contribution >= 4 is 17.6 Å². The number of esters is 1. The van der Waals surface area contributed by atoms with Gasteiger partial charge in [0, 0.05) is 12.1 Å². The zero-order valence-corrected chi connectivity index (χ0v) is 19.8. The van der Waals surface area contributed by atoms with Gasteiger partial charge in [0.05, 0.1) is 12.2 Å². The number of amides is 1. The van der Waals surface area contributed by atoms with Gasteiger partial charge in [-0.05, 0) is 63.3 Å². The van der Waals surface area contributed by atoms with Gasteiger partial charge < -0.3 is 10.1 Å². The average molecular weight is 430 g/mol. The summed E-state index contributed by atoms with van der Waals surface area (Å²) in [6, 6.07) is 6.83. The maximum Gasteiger partial charge on any atom is 0.338 e. The van der Waals surface area contributed by atoms with Crippen LogP contribution in [-0.2, 0) is 9.53 Å². The van der Waals surface area contributed by atoms with Crippen LogP contribution in [0.5, 0.6) is 0 Å². The van der Waals surface area contributed by atoms with Crippen LogP contribution in [0.4, 0.5) is 5.69 Å². The molecule has 1 N–H and O–H groups in total. The molecule has 174 valence electrons. The minimum Gasteiger partial charge on any atom is -0.462 e. The van der Waals surface area contributed by atoms with Gasteiger partial charge in [0.15, 0.2) is 0 Å². The van der Waals surface area contributed by atoms with Crippen LogP contribution in [0.15, 0.2) is 36.4 Å². The third kappa shape index (κ3) is 14.5. The summed E-state index contributed by atoms with van der Waals surface area (Å²) in [5.41, 5.74) is 1.21. The summed E-state index contributed by atoms with van der Waals surface area (Å²) in [4.78, 5) is 23.7. The lowest BCUT2D eigenvalue weighted by Gasteiger charge is -2.06. The third-order valence-corrected chi connectivity index (χ3v) is 5.35. The second-order valence-electron chi connectivity index (χ2n) is 8.18. The van der Waals surface area contributed by atoms with Gasteiger partial charge >= 0.3 is 5.97 Å². The molecule has 0 heterocycles. The zero-order chi connectivity index (χ0) is 22.6. The molecule has 0 saturated carbocycles. The molecule has 0 bridgehead atoms. The molecule has 1 rings (SSSR count). The predicted molar refractivity (Wildman–Crippen MR) is 130 cm³/mol. The molecular formula is C27H43NO3. The van der Waals surface area contributed by atoms with Crippen LogP contribution in [0, 0.1) is 0 Å². The number of unbranched alkanes of at least 4 members (excludes halogenated alkanes) is 11. The fourth-order valence-electron chi connectivity index (χ4n) is 3.48. The Morgan fingerprint density at radius 3 is 1.90 bits per heavy atom. The number of carbonyl (C=O) groups excluding carboxylic acids is 2. The van der Waals surface area contributed by atoms with E-state index in [0.717, 1.165) is 12.8 Å². The van der Waals surface area contributed by atoms with Crippen LogP contribution in [0.25, 0.3) is 0 Å². The van der Waals surface area contributed by atoms with Gasteiger partial charge in [-0.3, -0.25) is 4.79 Å². The first-order valence-corrected chi connectivity index (χ1v) is 12.4. The highest BCUT2D eigenvalue weighted by Crippen LogP contribution is 2.13. The molecule has 0 spiro atoms. The normalized spacial score (nSPS) is 11.0. The molecule has 0 unspecified atom stereocenters. The number of anilines is 1. The van der Waals surface area contributed by atoms with E-state index in [1.165, 1.54) is 70.6 Å². The number of allylic oxidation sites excluding steroid dienone is 2. The van der Waals surface area contributed by atoms with Crippen molar-refractivity contribution in [1.29, 1.82) is 0 Å². The summed E-state index contributed by atoms with van der Waals surface area (Å²) in [5.74, 6) is -0.310. The maximum atomic E-state index is 12.1. The Kier molecular flexibility index (Phi) is 16.2. The van der Waals surface area contributed by atoms with E-state index in [1.807, 2.05) is 0 Å². The standard InChI is InChI=1S/C27H43NO3/c1-3-5-6-7-8-9-10-11-12-13-14-15-16-17-18-19-26(29)28-25-22-20-24(21-23-25)27(30)31-4-2/h11-12,20-23H,3-10,13-19H2,1-2H3,(H,28,29)/b12-11-. The highest BCUT2D eigenvalue weighted by Gasteiger charge is 2.07. The van der Waals surface area contributed by atoms with Crippen LogP contribution in [0.3, 0.4) is 0 Å². The summed E-state index contributed by atoms with van der Waals surface area (Å²) < 4.78 is 4.96. The van der Waals surface area contributed by atoms with Gasteiger partial charge in [0.25, 0.3) is 0 Å². The molecule has 0 atom stereocenters. The molecular weight excluding hydrogens is 386 g/mol. The van der Waals surface area contributed by atoms with Gasteiger partial charge in [0.2, 0.25) is 5.91 Å². The van der Waals surface area contributed by atoms with E-state index in [2.05, 4.69) is 24.4 Å². The van der Waals surface area contributed by atoms with Crippen molar-refractivity contribution in [2.75, 3.05) is 11.9 Å². The van der Waals surface area contributed by atoms with E-state index in [4.69, 9.17) is 4.74 Å². The lowest BCUT2D eigenvalue weighted by Crippen LogP contribution is -2.11. The summed E-state index contributed by atoms with van der Waals surface area (Å²) >= 11 is 0. The van der Waals surface area contributed by atoms with Crippen LogP contribution in [-0.4, -0.2) is 18.5 Å². The molecule has 31 heavy (non-hydrogen) atoms. The quantitative estimate of drug-likeness (QED) is 0.147. The van der Waals surface area contributed by atoms with Crippen LogP contribution >= 0.6 is 0 Å². The topological polar surface area (TPSA) is 55.4 Å². The van der Waals surface area contributed by atoms with Crippen molar-refractivity contribution in [2.45, 2.75) is 104 Å². The molecule has 0 aliphatic rings. The van der Waals surface area contributed by atoms with E-state index < -0.39 is 0 Å². The van der Waals surface area contributed by atoms with E-state index >= 15 is 0 Å². The summed E-state index contributed by atoms with van der Waals surface area (Å²) in [7, 11) is 0. The highest BCUT2D eigenvalue weighted by atomic mass is 16.5. The van der Waals surface area contributed by atoms with Crippen molar-refractivity contribution in [3.8, 4) is 0 Å². The van der Waals surface area contributed by atoms with Crippen LogP contribution < -0.4 is 5.32 Å². The van der Waals surface area contributed by atoms with Crippen LogP contribution in [0.1, 0.15) is 114 Å². The Balaban J connectivity index is 1.98. The van der Waals surface area contributed by atoms with Gasteiger partial charge in [-0.2, -0.15) is 0 Å². The predicted octanol–water partition coefficient (Wildman–Crippen LogP) is 7.84. The van der Waals surface area contributed by atoms with Crippen molar-refractivity contribution in [2.24, 2.45) is 0 Å². The first-order chi connectivity index (χ1) is 15.2. The van der Waals surface area contributed by atoms with E-state index in [-0.39, 0.29) is 11.9 Å². The molecule has 1 aromatic rings. The molecule has 0 aliphatic heterocycles. The number of benzene rings is 1. The molecule has 0 aliphatic carbocycles. The van der Waals surface area contributed by atoms with Crippen molar-refractivity contribution in [3.63, 3.8) is 0 Å². The third-order valence-electron chi connectivity index (χ3n) is 5.35. The second kappa shape index (κ2) is 18.7. The molecule has 1 aromatic carbocycles. The lowest BCUT2D eigenvalue weighted by molar-refractivity contribution is -0.116. The smallest absolute Gasteiger partial charge is 0.338 e. The summed E-state index contributed by atoms with van der Waals surface area (Å²) in [5, 5.41) is 2.89. The summed E-state index contributed by atoms with van der Waals surface area (Å²) in [6.45, 7) is 4.39. The monoisotopic (exact) mass is 429 g/mol. The average Bonchev–Trinajstić information content (AvgIpc) is 2.77. The number of nitrogens with one attached hydrogen (secondary N) is 1. The number of carbonyl (C=O) groups is 2. The Labute approximate surface area is 189 Å². The number of hydrogen-bond acceptors (Lipinski definition) is 3. The minimum absolute atomic E-state index is 0.0292. The molecule has 0 saturated heterocycles. The first kappa shape index (κ1) is 26.9. The Hall–Kier alpha value is -2.10. The first-order valence-electron chi connectivity index (χ1n) is 12.4. The molecule has 1 amide bonds. The molecule has 0 aromatic heterocycles. The highest BCUT2D eigenvalue weighted by molar-refractivity contribution is 5.93. The lowest BCUT2D eigenvalue weighted by atomic mass is 10.1. The van der Waals surface area contributed by atoms with E-state index in [1.54, 1.807) is 31.2 Å². The Bertz CT molecular complexity index is 622. The zero-order valence-electron chi connectivity index (χ0n) is 19.8. The fourth-order valence-corrected chi connectivity index (χ4v) is 3.48. The van der Waals surface area contributed by atoms with Crippen LogP contribution in [0.2, 0.25) is 0 Å². The largest absolute Gasteiger partial charge is 0.462 e. The van der Waals surface area contributed by atoms with Gasteiger partial charge in [-0.1, -0.05) is 70.4 Å². The minimum atomic E-state index is -0.339. The van der Waals surface area contributed by atoms with Gasteiger partial charge in [-0.15, -0.1) is 0 Å². The van der Waals surface area contributed by atoms with Gasteiger partial charge in [-0.25, -0.2) is 4.79 Å². The Morgan fingerprint density at radius 2 is 1.32 bits per heavy atom. The number of ether oxygens (including phenoxy) is 1. The number of rotatable bonds is 18. The second-order valence-corrected chi connectivity index (χ2v) is 8.18. The molecule has 4 heteroatoms. The molecule has 0 fully saturated rings. The van der Waals surface area contributed by atoms with Crippen molar-refractivity contribution < 1.29 is 14.3 Å². The van der Waals surface area contributed by atoms with E-state index in [9.17, 15) is 9.59 Å².